The summed E-state index contributed by atoms with van der Waals surface area (Å²) in [6, 6.07) is 10.5. The molecule has 2 heterocycles. The summed E-state index contributed by atoms with van der Waals surface area (Å²) in [7, 11) is -3.51. The molecule has 0 saturated carbocycles. The summed E-state index contributed by atoms with van der Waals surface area (Å²) >= 11 is 0. The highest BCUT2D eigenvalue weighted by Crippen LogP contribution is 2.33. The van der Waals surface area contributed by atoms with Gasteiger partial charge >= 0.3 is 6.18 Å². The van der Waals surface area contributed by atoms with Crippen molar-refractivity contribution in [1.82, 2.24) is 14.8 Å². The Morgan fingerprint density at radius 2 is 1.69 bits per heavy atom. The third kappa shape index (κ3) is 3.62. The van der Waals surface area contributed by atoms with Crippen molar-refractivity contribution in [1.29, 1.82) is 0 Å². The van der Waals surface area contributed by atoms with E-state index in [4.69, 9.17) is 0 Å². The minimum Gasteiger partial charge on any atom is -0.242 e. The highest BCUT2D eigenvalue weighted by Gasteiger charge is 2.35. The SMILES string of the molecule is Cc1ccc(-c2cc(C(F)(F)F)nn2-c2ccc(S(C)(=O)=O)nc2)cc1. The Balaban J connectivity index is 2.16. The lowest BCUT2D eigenvalue weighted by Crippen LogP contribution is -2.08. The summed E-state index contributed by atoms with van der Waals surface area (Å²) in [6.45, 7) is 1.87. The number of halogens is 3. The molecule has 0 aliphatic rings. The van der Waals surface area contributed by atoms with E-state index in [1.54, 1.807) is 24.3 Å². The van der Waals surface area contributed by atoms with Crippen LogP contribution in [0.5, 0.6) is 0 Å². The summed E-state index contributed by atoms with van der Waals surface area (Å²) in [6.07, 6.45) is -2.42. The number of aromatic nitrogens is 3. The van der Waals surface area contributed by atoms with E-state index in [-0.39, 0.29) is 16.4 Å². The van der Waals surface area contributed by atoms with Gasteiger partial charge in [-0.1, -0.05) is 29.8 Å². The molecule has 0 unspecified atom stereocenters. The molecule has 0 saturated heterocycles. The van der Waals surface area contributed by atoms with Crippen molar-refractivity contribution < 1.29 is 21.6 Å². The maximum atomic E-state index is 13.1. The minimum atomic E-state index is -4.61. The summed E-state index contributed by atoms with van der Waals surface area (Å²) in [5, 5.41) is 3.48. The first-order valence-corrected chi connectivity index (χ1v) is 9.35. The van der Waals surface area contributed by atoms with Crippen molar-refractivity contribution in [3.05, 3.63) is 59.9 Å². The number of alkyl halides is 3. The Morgan fingerprint density at radius 1 is 1.04 bits per heavy atom. The van der Waals surface area contributed by atoms with Gasteiger partial charge in [-0.15, -0.1) is 0 Å². The summed E-state index contributed by atoms with van der Waals surface area (Å²) in [4.78, 5) is 3.82. The van der Waals surface area contributed by atoms with Crippen molar-refractivity contribution in [3.8, 4) is 16.9 Å². The highest BCUT2D eigenvalue weighted by molar-refractivity contribution is 7.90. The molecular formula is C17H14F3N3O2S. The van der Waals surface area contributed by atoms with Crippen molar-refractivity contribution in [2.45, 2.75) is 18.1 Å². The first kappa shape index (κ1) is 18.1. The minimum absolute atomic E-state index is 0.165. The molecule has 0 amide bonds. The number of pyridine rings is 1. The molecule has 3 aromatic rings. The topological polar surface area (TPSA) is 64.8 Å². The van der Waals surface area contributed by atoms with Crippen LogP contribution in [0.1, 0.15) is 11.3 Å². The lowest BCUT2D eigenvalue weighted by molar-refractivity contribution is -0.141. The second kappa shape index (κ2) is 6.24. The average molecular weight is 381 g/mol. The van der Waals surface area contributed by atoms with Crippen LogP contribution >= 0.6 is 0 Å². The Labute approximate surface area is 148 Å². The second-order valence-electron chi connectivity index (χ2n) is 5.82. The van der Waals surface area contributed by atoms with Gasteiger partial charge in [-0.05, 0) is 25.1 Å². The van der Waals surface area contributed by atoms with Crippen LogP contribution in [0.2, 0.25) is 0 Å². The van der Waals surface area contributed by atoms with Crippen LogP contribution in [0.25, 0.3) is 16.9 Å². The van der Waals surface area contributed by atoms with Crippen LogP contribution in [0, 0.1) is 6.92 Å². The van der Waals surface area contributed by atoms with Crippen molar-refractivity contribution in [2.75, 3.05) is 6.26 Å². The smallest absolute Gasteiger partial charge is 0.242 e. The number of benzene rings is 1. The van der Waals surface area contributed by atoms with Gasteiger partial charge in [0.15, 0.2) is 20.6 Å². The molecular weight excluding hydrogens is 367 g/mol. The molecule has 1 aromatic carbocycles. The lowest BCUT2D eigenvalue weighted by atomic mass is 10.1. The van der Waals surface area contributed by atoms with Gasteiger partial charge in [0, 0.05) is 11.8 Å². The molecule has 5 nitrogen and oxygen atoms in total. The van der Waals surface area contributed by atoms with E-state index in [9.17, 15) is 21.6 Å². The van der Waals surface area contributed by atoms with Crippen LogP contribution in [0.15, 0.2) is 53.7 Å². The van der Waals surface area contributed by atoms with Gasteiger partial charge in [0.1, 0.15) is 0 Å². The van der Waals surface area contributed by atoms with Gasteiger partial charge in [-0.2, -0.15) is 18.3 Å². The third-order valence-corrected chi connectivity index (χ3v) is 4.69. The van der Waals surface area contributed by atoms with Crippen LogP contribution in [-0.2, 0) is 16.0 Å². The average Bonchev–Trinajstić information content (AvgIpc) is 3.00. The summed E-state index contributed by atoms with van der Waals surface area (Å²) < 4.78 is 63.5. The Bertz CT molecular complexity index is 1040. The maximum absolute atomic E-state index is 13.1. The summed E-state index contributed by atoms with van der Waals surface area (Å²) in [5.74, 6) is 0. The predicted molar refractivity (Wildman–Crippen MR) is 89.6 cm³/mol. The first-order chi connectivity index (χ1) is 12.1. The number of hydrogen-bond donors (Lipinski definition) is 0. The predicted octanol–water partition coefficient (Wildman–Crippen LogP) is 3.67. The highest BCUT2D eigenvalue weighted by atomic mass is 32.2. The van der Waals surface area contributed by atoms with Crippen LogP contribution in [-0.4, -0.2) is 29.4 Å². The molecule has 0 atom stereocenters. The molecule has 0 aliphatic carbocycles. The molecule has 26 heavy (non-hydrogen) atoms. The molecule has 0 spiro atoms. The zero-order valence-electron chi connectivity index (χ0n) is 13.8. The fraction of sp³-hybridized carbons (Fsp3) is 0.176. The Morgan fingerprint density at radius 3 is 2.19 bits per heavy atom. The number of nitrogens with zero attached hydrogens (tertiary/aromatic N) is 3. The van der Waals surface area contributed by atoms with E-state index in [1.807, 2.05) is 6.92 Å². The van der Waals surface area contributed by atoms with E-state index in [0.717, 1.165) is 22.6 Å². The third-order valence-electron chi connectivity index (χ3n) is 3.69. The Kier molecular flexibility index (Phi) is 4.35. The standard InChI is InChI=1S/C17H14F3N3O2S/c1-11-3-5-12(6-4-11)14-9-15(17(18,19)20)22-23(14)13-7-8-16(21-10-13)26(2,24)25/h3-10H,1-2H3. The zero-order valence-corrected chi connectivity index (χ0v) is 14.6. The molecule has 0 aliphatic heterocycles. The molecule has 2 aromatic heterocycles. The van der Waals surface area contributed by atoms with Gasteiger partial charge < -0.3 is 0 Å². The number of aryl methyl sites for hydroxylation is 1. The first-order valence-electron chi connectivity index (χ1n) is 7.46. The molecule has 136 valence electrons. The fourth-order valence-electron chi connectivity index (χ4n) is 2.36. The monoisotopic (exact) mass is 381 g/mol. The number of hydrogen-bond acceptors (Lipinski definition) is 4. The fourth-order valence-corrected chi connectivity index (χ4v) is 2.92. The van der Waals surface area contributed by atoms with Gasteiger partial charge in [-0.3, -0.25) is 0 Å². The quantitative estimate of drug-likeness (QED) is 0.695. The van der Waals surface area contributed by atoms with Crippen molar-refractivity contribution >= 4 is 9.84 Å². The largest absolute Gasteiger partial charge is 0.435 e. The van der Waals surface area contributed by atoms with Gasteiger partial charge in [0.2, 0.25) is 0 Å². The normalized spacial score (nSPS) is 12.3. The molecule has 0 fully saturated rings. The van der Waals surface area contributed by atoms with E-state index in [2.05, 4.69) is 10.1 Å². The molecule has 3 rings (SSSR count). The van der Waals surface area contributed by atoms with E-state index < -0.39 is 21.7 Å². The van der Waals surface area contributed by atoms with Crippen LogP contribution < -0.4 is 0 Å². The van der Waals surface area contributed by atoms with E-state index >= 15 is 0 Å². The van der Waals surface area contributed by atoms with Crippen LogP contribution in [0.3, 0.4) is 0 Å². The van der Waals surface area contributed by atoms with Gasteiger partial charge in [0.05, 0.1) is 17.6 Å². The van der Waals surface area contributed by atoms with Crippen LogP contribution in [0.4, 0.5) is 13.2 Å². The van der Waals surface area contributed by atoms with Gasteiger partial charge in [0.25, 0.3) is 0 Å². The second-order valence-corrected chi connectivity index (χ2v) is 7.78. The number of sulfone groups is 1. The maximum Gasteiger partial charge on any atom is 0.435 e. The summed E-state index contributed by atoms with van der Waals surface area (Å²) in [5.41, 5.74) is 0.927. The lowest BCUT2D eigenvalue weighted by Gasteiger charge is -2.08. The number of rotatable bonds is 3. The van der Waals surface area contributed by atoms with Crippen molar-refractivity contribution in [2.24, 2.45) is 0 Å². The zero-order chi connectivity index (χ0) is 19.1. The van der Waals surface area contributed by atoms with Gasteiger partial charge in [-0.25, -0.2) is 18.1 Å². The molecule has 9 heteroatoms. The molecule has 0 radical (unpaired) electrons. The van der Waals surface area contributed by atoms with E-state index in [0.29, 0.717) is 5.56 Å². The van der Waals surface area contributed by atoms with E-state index in [1.165, 1.54) is 18.3 Å². The van der Waals surface area contributed by atoms with Crippen molar-refractivity contribution in [3.63, 3.8) is 0 Å². The Hall–Kier alpha value is -2.68. The molecule has 0 bridgehead atoms. The molecule has 0 N–H and O–H groups in total.